The first-order valence-electron chi connectivity index (χ1n) is 12.0. The number of rotatable bonds is 2. The molecule has 0 unspecified atom stereocenters. The lowest BCUT2D eigenvalue weighted by molar-refractivity contribution is -0.140. The Morgan fingerprint density at radius 3 is 2.79 bits per heavy atom. The highest BCUT2D eigenvalue weighted by molar-refractivity contribution is 5.78. The van der Waals surface area contributed by atoms with Gasteiger partial charge < -0.3 is 19.7 Å². The molecule has 172 valence electrons. The molecule has 2 atom stereocenters. The first-order valence-corrected chi connectivity index (χ1v) is 12.0. The van der Waals surface area contributed by atoms with Crippen LogP contribution in [0.25, 0.3) is 0 Å². The molecule has 1 N–H and O–H groups in total. The van der Waals surface area contributed by atoms with E-state index in [2.05, 4.69) is 28.5 Å². The Balaban J connectivity index is 1.41. The molecule has 2 bridgehead atoms. The van der Waals surface area contributed by atoms with Crippen molar-refractivity contribution in [3.05, 3.63) is 53.9 Å². The van der Waals surface area contributed by atoms with Crippen LogP contribution in [0.2, 0.25) is 0 Å². The van der Waals surface area contributed by atoms with Gasteiger partial charge in [0.1, 0.15) is 11.8 Å². The third-order valence-corrected chi connectivity index (χ3v) is 7.24. The molecular formula is C26H30N4O3. The van der Waals surface area contributed by atoms with Gasteiger partial charge in [-0.2, -0.15) is 5.26 Å². The van der Waals surface area contributed by atoms with Gasteiger partial charge in [-0.1, -0.05) is 18.2 Å². The summed E-state index contributed by atoms with van der Waals surface area (Å²) in [6, 6.07) is 13.8. The number of pyridine rings is 1. The van der Waals surface area contributed by atoms with Crippen LogP contribution in [-0.4, -0.2) is 53.7 Å². The van der Waals surface area contributed by atoms with Gasteiger partial charge in [-0.15, -0.1) is 0 Å². The second kappa shape index (κ2) is 9.80. The van der Waals surface area contributed by atoms with E-state index in [0.29, 0.717) is 30.5 Å². The number of piperidine rings is 1. The molecule has 0 radical (unpaired) electrons. The minimum atomic E-state index is -0.129. The number of anilines is 1. The van der Waals surface area contributed by atoms with E-state index in [1.807, 2.05) is 29.2 Å². The fourth-order valence-corrected chi connectivity index (χ4v) is 5.50. The van der Waals surface area contributed by atoms with Crippen LogP contribution < -0.4 is 10.1 Å². The number of para-hydroxylation sites is 1. The van der Waals surface area contributed by atoms with Gasteiger partial charge in [-0.3, -0.25) is 4.79 Å². The van der Waals surface area contributed by atoms with Crippen LogP contribution in [-0.2, 0) is 9.53 Å². The zero-order valence-electron chi connectivity index (χ0n) is 18.8. The number of carbonyl (C=O) groups excluding carboxylic acids is 1. The molecule has 2 aromatic rings. The molecule has 1 saturated carbocycles. The molecule has 1 saturated heterocycles. The molecule has 1 amide bonds. The van der Waals surface area contributed by atoms with E-state index in [1.165, 1.54) is 5.56 Å². The minimum absolute atomic E-state index is 0.0206. The van der Waals surface area contributed by atoms with Gasteiger partial charge in [-0.05, 0) is 68.2 Å². The van der Waals surface area contributed by atoms with Gasteiger partial charge in [0.2, 0.25) is 0 Å². The van der Waals surface area contributed by atoms with Gasteiger partial charge >= 0.3 is 0 Å². The highest BCUT2D eigenvalue weighted by atomic mass is 16.5. The monoisotopic (exact) mass is 446 g/mol. The highest BCUT2D eigenvalue weighted by Gasteiger charge is 2.37. The molecule has 33 heavy (non-hydrogen) atoms. The van der Waals surface area contributed by atoms with Crippen molar-refractivity contribution >= 4 is 11.6 Å². The largest absolute Gasteiger partial charge is 0.483 e. The Morgan fingerprint density at radius 2 is 1.94 bits per heavy atom. The van der Waals surface area contributed by atoms with Gasteiger partial charge in [0, 0.05) is 18.8 Å². The highest BCUT2D eigenvalue weighted by Crippen LogP contribution is 2.39. The molecule has 7 heteroatoms. The molecule has 7 nitrogen and oxygen atoms in total. The molecule has 2 fully saturated rings. The van der Waals surface area contributed by atoms with Crippen LogP contribution in [0, 0.1) is 11.3 Å². The number of aromatic nitrogens is 1. The Kier molecular flexibility index (Phi) is 6.45. The molecule has 1 aromatic heterocycles. The van der Waals surface area contributed by atoms with Crippen molar-refractivity contribution in [1.82, 2.24) is 9.88 Å². The second-order valence-electron chi connectivity index (χ2n) is 9.19. The minimum Gasteiger partial charge on any atom is -0.483 e. The van der Waals surface area contributed by atoms with Crippen LogP contribution in [0.5, 0.6) is 5.75 Å². The van der Waals surface area contributed by atoms with Gasteiger partial charge in [0.15, 0.2) is 12.3 Å². The molecule has 0 spiro atoms. The SMILES string of the molecule is N#Cc1ncccc1N[C@H]1CCCN2C(=O)COc3ccccc3C3CCC(CC3)OC[C@@H]12. The first-order chi connectivity index (χ1) is 16.2. The second-order valence-corrected chi connectivity index (χ2v) is 9.19. The maximum Gasteiger partial charge on any atom is 0.260 e. The Morgan fingerprint density at radius 1 is 1.09 bits per heavy atom. The van der Waals surface area contributed by atoms with E-state index in [1.54, 1.807) is 6.20 Å². The molecule has 1 aromatic carbocycles. The summed E-state index contributed by atoms with van der Waals surface area (Å²) in [6.07, 6.45) is 7.76. The summed E-state index contributed by atoms with van der Waals surface area (Å²) in [5.74, 6) is 1.25. The van der Waals surface area contributed by atoms with E-state index < -0.39 is 0 Å². The Bertz CT molecular complexity index is 1030. The maximum absolute atomic E-state index is 13.3. The predicted octanol–water partition coefficient (Wildman–Crippen LogP) is 3.86. The van der Waals surface area contributed by atoms with E-state index >= 15 is 0 Å². The van der Waals surface area contributed by atoms with Crippen molar-refractivity contribution in [3.63, 3.8) is 0 Å². The molecule has 4 aliphatic rings. The average molecular weight is 447 g/mol. The summed E-state index contributed by atoms with van der Waals surface area (Å²) in [4.78, 5) is 19.4. The molecule has 3 aliphatic heterocycles. The van der Waals surface area contributed by atoms with E-state index in [-0.39, 0.29) is 30.7 Å². The lowest BCUT2D eigenvalue weighted by Crippen LogP contribution is -2.57. The summed E-state index contributed by atoms with van der Waals surface area (Å²) in [5, 5.41) is 13.0. The third kappa shape index (κ3) is 4.67. The number of nitriles is 1. The fourth-order valence-electron chi connectivity index (χ4n) is 5.50. The van der Waals surface area contributed by atoms with Crippen molar-refractivity contribution in [1.29, 1.82) is 5.26 Å². The van der Waals surface area contributed by atoms with Crippen LogP contribution >= 0.6 is 0 Å². The normalized spacial score (nSPS) is 27.6. The number of nitrogens with one attached hydrogen (secondary N) is 1. The average Bonchev–Trinajstić information content (AvgIpc) is 2.88. The van der Waals surface area contributed by atoms with Crippen molar-refractivity contribution in [3.8, 4) is 11.8 Å². The predicted molar refractivity (Wildman–Crippen MR) is 124 cm³/mol. The van der Waals surface area contributed by atoms with Crippen molar-refractivity contribution in [2.75, 3.05) is 25.1 Å². The number of benzene rings is 1. The standard InChI is InChI=1S/C26H30N4O3/c27-15-23-21(6-3-13-28-23)29-22-7-4-14-30-24(22)16-32-19-11-9-18(10-12-19)20-5-1-2-8-25(20)33-17-26(30)31/h1-3,5-6,8,13,18-19,22,24,29H,4,7,9-12,14,16-17H2/t18?,19?,22-,24-/m0/s1. The summed E-state index contributed by atoms with van der Waals surface area (Å²) in [7, 11) is 0. The lowest BCUT2D eigenvalue weighted by atomic mass is 9.82. The Labute approximate surface area is 194 Å². The quantitative estimate of drug-likeness (QED) is 0.754. The first kappa shape index (κ1) is 21.7. The number of amides is 1. The fraction of sp³-hybridized carbons (Fsp3) is 0.500. The Hall–Kier alpha value is -3.11. The van der Waals surface area contributed by atoms with E-state index in [4.69, 9.17) is 9.47 Å². The zero-order valence-corrected chi connectivity index (χ0v) is 18.8. The van der Waals surface area contributed by atoms with Crippen molar-refractivity contribution in [2.24, 2.45) is 0 Å². The number of fused-ring (bicyclic) bond motifs is 5. The summed E-state index contributed by atoms with van der Waals surface area (Å²) in [5.41, 5.74) is 2.27. The summed E-state index contributed by atoms with van der Waals surface area (Å²) < 4.78 is 12.5. The molecule has 1 aliphatic carbocycles. The van der Waals surface area contributed by atoms with Gasteiger partial charge in [0.25, 0.3) is 5.91 Å². The van der Waals surface area contributed by atoms with Crippen LogP contribution in [0.4, 0.5) is 5.69 Å². The van der Waals surface area contributed by atoms with Gasteiger partial charge in [-0.25, -0.2) is 4.98 Å². The number of ether oxygens (including phenoxy) is 2. The molecule has 6 rings (SSSR count). The summed E-state index contributed by atoms with van der Waals surface area (Å²) >= 11 is 0. The van der Waals surface area contributed by atoms with Crippen LogP contribution in [0.15, 0.2) is 42.6 Å². The molecular weight excluding hydrogens is 416 g/mol. The lowest BCUT2D eigenvalue weighted by Gasteiger charge is -2.42. The molecule has 4 heterocycles. The van der Waals surface area contributed by atoms with Crippen molar-refractivity contribution in [2.45, 2.75) is 62.6 Å². The number of hydrogen-bond donors (Lipinski definition) is 1. The topological polar surface area (TPSA) is 87.5 Å². The number of carbonyl (C=O) groups is 1. The zero-order chi connectivity index (χ0) is 22.6. The third-order valence-electron chi connectivity index (χ3n) is 7.24. The maximum atomic E-state index is 13.3. The summed E-state index contributed by atoms with van der Waals surface area (Å²) in [6.45, 7) is 1.18. The number of hydrogen-bond acceptors (Lipinski definition) is 6. The van der Waals surface area contributed by atoms with Gasteiger partial charge in [0.05, 0.1) is 24.4 Å². The van der Waals surface area contributed by atoms with Crippen LogP contribution in [0.3, 0.4) is 0 Å². The van der Waals surface area contributed by atoms with Crippen molar-refractivity contribution < 1.29 is 14.3 Å². The van der Waals surface area contributed by atoms with E-state index in [9.17, 15) is 10.1 Å². The van der Waals surface area contributed by atoms with Crippen LogP contribution in [0.1, 0.15) is 55.7 Å². The van der Waals surface area contributed by atoms with E-state index in [0.717, 1.165) is 44.3 Å². The number of nitrogens with zero attached hydrogens (tertiary/aromatic N) is 3. The smallest absolute Gasteiger partial charge is 0.260 e.